The molecule has 1 aliphatic rings. The lowest BCUT2D eigenvalue weighted by atomic mass is 10.0. The van der Waals surface area contributed by atoms with Gasteiger partial charge in [-0.2, -0.15) is 0 Å². The molecule has 3 atom stereocenters. The minimum atomic E-state index is -0.332. The van der Waals surface area contributed by atoms with Crippen LogP contribution < -0.4 is 5.32 Å². The van der Waals surface area contributed by atoms with E-state index in [9.17, 15) is 9.90 Å². The van der Waals surface area contributed by atoms with Crippen molar-refractivity contribution >= 4 is 5.97 Å². The van der Waals surface area contributed by atoms with Crippen molar-refractivity contribution in [3.05, 3.63) is 0 Å². The summed E-state index contributed by atoms with van der Waals surface area (Å²) in [6, 6.07) is -0.250. The Balaban J connectivity index is 2.50. The van der Waals surface area contributed by atoms with Gasteiger partial charge in [0.25, 0.3) is 0 Å². The summed E-state index contributed by atoms with van der Waals surface area (Å²) in [7, 11) is 0. The predicted octanol–water partition coefficient (Wildman–Crippen LogP) is 1.61. The predicted molar refractivity (Wildman–Crippen MR) is 66.7 cm³/mol. The highest BCUT2D eigenvalue weighted by molar-refractivity contribution is 5.75. The summed E-state index contributed by atoms with van der Waals surface area (Å²) in [4.78, 5) is 11.7. The highest BCUT2D eigenvalue weighted by Gasteiger charge is 2.27. The van der Waals surface area contributed by atoms with Gasteiger partial charge in [0.15, 0.2) is 0 Å². The fourth-order valence-corrected chi connectivity index (χ4v) is 2.34. The Kier molecular flexibility index (Phi) is 6.52. The van der Waals surface area contributed by atoms with Crippen LogP contribution in [0.15, 0.2) is 0 Å². The third-order valence-electron chi connectivity index (χ3n) is 3.37. The monoisotopic (exact) mass is 243 g/mol. The van der Waals surface area contributed by atoms with E-state index in [2.05, 4.69) is 5.32 Å². The lowest BCUT2D eigenvalue weighted by molar-refractivity contribution is -0.146. The van der Waals surface area contributed by atoms with Gasteiger partial charge in [-0.05, 0) is 26.2 Å². The van der Waals surface area contributed by atoms with E-state index in [0.717, 1.165) is 25.7 Å². The standard InChI is InChI=1S/C13H25NO3/c1-3-10(13(16)17-4-2)14-11-8-6-5-7-9-12(11)15/h10-12,14-15H,3-9H2,1-2H3. The normalized spacial score (nSPS) is 27.2. The van der Waals surface area contributed by atoms with Crippen LogP contribution >= 0.6 is 0 Å². The molecule has 17 heavy (non-hydrogen) atoms. The molecule has 0 aliphatic heterocycles. The minimum absolute atomic E-state index is 0.0341. The van der Waals surface area contributed by atoms with Crippen molar-refractivity contribution in [2.75, 3.05) is 6.61 Å². The number of hydrogen-bond donors (Lipinski definition) is 2. The summed E-state index contributed by atoms with van der Waals surface area (Å²) in [5, 5.41) is 13.2. The van der Waals surface area contributed by atoms with Gasteiger partial charge in [-0.15, -0.1) is 0 Å². The number of carbonyl (C=O) groups excluding carboxylic acids is 1. The molecule has 0 spiro atoms. The zero-order chi connectivity index (χ0) is 12.7. The summed E-state index contributed by atoms with van der Waals surface area (Å²) < 4.78 is 5.02. The lowest BCUT2D eigenvalue weighted by Gasteiger charge is -2.26. The fraction of sp³-hybridized carbons (Fsp3) is 0.923. The van der Waals surface area contributed by atoms with E-state index in [1.807, 2.05) is 13.8 Å². The molecule has 1 saturated carbocycles. The van der Waals surface area contributed by atoms with Crippen molar-refractivity contribution in [2.45, 2.75) is 70.6 Å². The van der Waals surface area contributed by atoms with Crippen molar-refractivity contribution < 1.29 is 14.6 Å². The quantitative estimate of drug-likeness (QED) is 0.569. The van der Waals surface area contributed by atoms with E-state index in [-0.39, 0.29) is 24.2 Å². The van der Waals surface area contributed by atoms with E-state index in [0.29, 0.717) is 13.0 Å². The number of carbonyl (C=O) groups is 1. The molecule has 1 rings (SSSR count). The second kappa shape index (κ2) is 7.67. The Morgan fingerprint density at radius 2 is 2.06 bits per heavy atom. The Morgan fingerprint density at radius 1 is 1.35 bits per heavy atom. The average Bonchev–Trinajstić information content (AvgIpc) is 2.51. The maximum Gasteiger partial charge on any atom is 0.323 e. The van der Waals surface area contributed by atoms with Crippen molar-refractivity contribution in [1.29, 1.82) is 0 Å². The molecule has 0 heterocycles. The molecule has 3 unspecified atom stereocenters. The van der Waals surface area contributed by atoms with E-state index >= 15 is 0 Å². The molecule has 0 aromatic carbocycles. The van der Waals surface area contributed by atoms with Crippen LogP contribution in [0.3, 0.4) is 0 Å². The zero-order valence-corrected chi connectivity index (χ0v) is 10.9. The molecular formula is C13H25NO3. The average molecular weight is 243 g/mol. The zero-order valence-electron chi connectivity index (χ0n) is 10.9. The number of aliphatic hydroxyl groups excluding tert-OH is 1. The molecule has 0 saturated heterocycles. The highest BCUT2D eigenvalue weighted by Crippen LogP contribution is 2.18. The largest absolute Gasteiger partial charge is 0.465 e. The Labute approximate surface area is 104 Å². The second-order valence-electron chi connectivity index (χ2n) is 4.69. The van der Waals surface area contributed by atoms with Crippen LogP contribution in [0.4, 0.5) is 0 Å². The van der Waals surface area contributed by atoms with Gasteiger partial charge in [0.1, 0.15) is 6.04 Å². The Morgan fingerprint density at radius 3 is 2.71 bits per heavy atom. The maximum atomic E-state index is 11.7. The van der Waals surface area contributed by atoms with Crippen LogP contribution in [0.25, 0.3) is 0 Å². The van der Waals surface area contributed by atoms with Gasteiger partial charge >= 0.3 is 5.97 Å². The fourth-order valence-electron chi connectivity index (χ4n) is 2.34. The first kappa shape index (κ1) is 14.5. The highest BCUT2D eigenvalue weighted by atomic mass is 16.5. The van der Waals surface area contributed by atoms with E-state index in [1.54, 1.807) is 0 Å². The Bertz CT molecular complexity index is 233. The molecular weight excluding hydrogens is 218 g/mol. The Hall–Kier alpha value is -0.610. The molecule has 4 heteroatoms. The number of nitrogens with one attached hydrogen (secondary N) is 1. The number of aliphatic hydroxyl groups is 1. The number of esters is 1. The van der Waals surface area contributed by atoms with Crippen LogP contribution in [0.5, 0.6) is 0 Å². The van der Waals surface area contributed by atoms with Gasteiger partial charge in [0, 0.05) is 6.04 Å². The first-order valence-electron chi connectivity index (χ1n) is 6.79. The topological polar surface area (TPSA) is 58.6 Å². The van der Waals surface area contributed by atoms with Crippen LogP contribution in [-0.4, -0.2) is 35.9 Å². The van der Waals surface area contributed by atoms with Gasteiger partial charge in [-0.1, -0.05) is 26.2 Å². The lowest BCUT2D eigenvalue weighted by Crippen LogP contribution is -2.48. The van der Waals surface area contributed by atoms with Gasteiger partial charge in [-0.3, -0.25) is 10.1 Å². The van der Waals surface area contributed by atoms with Gasteiger partial charge in [0.05, 0.1) is 12.7 Å². The molecule has 100 valence electrons. The summed E-state index contributed by atoms with van der Waals surface area (Å²) in [5.41, 5.74) is 0. The van der Waals surface area contributed by atoms with Crippen molar-refractivity contribution in [3.8, 4) is 0 Å². The SMILES string of the molecule is CCOC(=O)C(CC)NC1CCCCCC1O. The minimum Gasteiger partial charge on any atom is -0.465 e. The van der Waals surface area contributed by atoms with Gasteiger partial charge in [-0.25, -0.2) is 0 Å². The van der Waals surface area contributed by atoms with Crippen LogP contribution in [0.2, 0.25) is 0 Å². The molecule has 2 N–H and O–H groups in total. The first-order chi connectivity index (χ1) is 8.19. The molecule has 1 fully saturated rings. The third kappa shape index (κ3) is 4.64. The maximum absolute atomic E-state index is 11.7. The van der Waals surface area contributed by atoms with Gasteiger partial charge in [0.2, 0.25) is 0 Å². The summed E-state index contributed by atoms with van der Waals surface area (Å²) in [6.45, 7) is 4.17. The van der Waals surface area contributed by atoms with Gasteiger partial charge < -0.3 is 9.84 Å². The second-order valence-corrected chi connectivity index (χ2v) is 4.69. The molecule has 0 aromatic heterocycles. The third-order valence-corrected chi connectivity index (χ3v) is 3.37. The van der Waals surface area contributed by atoms with Crippen molar-refractivity contribution in [2.24, 2.45) is 0 Å². The number of ether oxygens (including phenoxy) is 1. The molecule has 0 amide bonds. The summed E-state index contributed by atoms with van der Waals surface area (Å²) >= 11 is 0. The number of hydrogen-bond acceptors (Lipinski definition) is 4. The van der Waals surface area contributed by atoms with Crippen molar-refractivity contribution in [3.63, 3.8) is 0 Å². The molecule has 1 aliphatic carbocycles. The van der Waals surface area contributed by atoms with Crippen LogP contribution in [0.1, 0.15) is 52.4 Å². The van der Waals surface area contributed by atoms with Crippen LogP contribution in [0, 0.1) is 0 Å². The van der Waals surface area contributed by atoms with E-state index in [1.165, 1.54) is 6.42 Å². The van der Waals surface area contributed by atoms with Crippen LogP contribution in [-0.2, 0) is 9.53 Å². The van der Waals surface area contributed by atoms with E-state index < -0.39 is 0 Å². The molecule has 0 aromatic rings. The summed E-state index contributed by atoms with van der Waals surface area (Å²) in [5.74, 6) is -0.202. The first-order valence-corrected chi connectivity index (χ1v) is 6.79. The molecule has 0 bridgehead atoms. The molecule has 0 radical (unpaired) electrons. The van der Waals surface area contributed by atoms with E-state index in [4.69, 9.17) is 4.74 Å². The smallest absolute Gasteiger partial charge is 0.323 e. The number of rotatable bonds is 5. The summed E-state index contributed by atoms with van der Waals surface area (Å²) in [6.07, 6.45) is 5.51. The molecule has 4 nitrogen and oxygen atoms in total. The van der Waals surface area contributed by atoms with Crippen molar-refractivity contribution in [1.82, 2.24) is 5.32 Å².